The Morgan fingerprint density at radius 1 is 0.903 bits per heavy atom. The summed E-state index contributed by atoms with van der Waals surface area (Å²) in [5.41, 5.74) is 2.33. The van der Waals surface area contributed by atoms with Gasteiger partial charge in [0.25, 0.3) is 0 Å². The van der Waals surface area contributed by atoms with Crippen molar-refractivity contribution in [3.05, 3.63) is 86.6 Å². The van der Waals surface area contributed by atoms with Crippen molar-refractivity contribution in [2.45, 2.75) is 13.2 Å². The van der Waals surface area contributed by atoms with Gasteiger partial charge >= 0.3 is 5.97 Å². The highest BCUT2D eigenvalue weighted by Gasteiger charge is 2.13. The maximum atomic E-state index is 11.4. The fourth-order valence-electron chi connectivity index (χ4n) is 2.92. The van der Waals surface area contributed by atoms with E-state index in [1.54, 1.807) is 36.4 Å². The number of imidazole rings is 1. The minimum Gasteiger partial charge on any atom is -0.485 e. The molecule has 0 saturated carbocycles. The molecule has 0 radical (unpaired) electrons. The normalized spacial score (nSPS) is 10.9. The van der Waals surface area contributed by atoms with E-state index >= 15 is 0 Å². The first-order valence-corrected chi connectivity index (χ1v) is 10.2. The molecule has 31 heavy (non-hydrogen) atoms. The lowest BCUT2D eigenvalue weighted by atomic mass is 10.2. The lowest BCUT2D eigenvalue weighted by Gasteiger charge is -2.14. The predicted molar refractivity (Wildman–Crippen MR) is 120 cm³/mol. The minimum atomic E-state index is -1.07. The molecule has 0 aliphatic rings. The van der Waals surface area contributed by atoms with Crippen molar-refractivity contribution in [1.82, 2.24) is 9.97 Å². The van der Waals surface area contributed by atoms with E-state index in [4.69, 9.17) is 44.3 Å². The van der Waals surface area contributed by atoms with Gasteiger partial charge in [-0.05, 0) is 48.5 Å². The van der Waals surface area contributed by atoms with Crippen LogP contribution >= 0.6 is 34.8 Å². The lowest BCUT2D eigenvalue weighted by Crippen LogP contribution is -2.04. The summed E-state index contributed by atoms with van der Waals surface area (Å²) in [6, 6.07) is 14.8. The van der Waals surface area contributed by atoms with Gasteiger partial charge in [-0.25, -0.2) is 9.78 Å². The Labute approximate surface area is 192 Å². The molecule has 1 aromatic heterocycles. The van der Waals surface area contributed by atoms with Crippen LogP contribution in [0.3, 0.4) is 0 Å². The average Bonchev–Trinajstić information content (AvgIpc) is 3.13. The molecule has 0 aliphatic carbocycles. The molecular weight excluding hydrogens is 463 g/mol. The van der Waals surface area contributed by atoms with Gasteiger partial charge in [0.2, 0.25) is 0 Å². The van der Waals surface area contributed by atoms with Crippen LogP contribution in [0.15, 0.2) is 54.6 Å². The molecule has 0 aliphatic heterocycles. The van der Waals surface area contributed by atoms with Crippen LogP contribution in [0.2, 0.25) is 15.1 Å². The number of rotatable bonds is 7. The van der Waals surface area contributed by atoms with Gasteiger partial charge in [-0.15, -0.1) is 0 Å². The smallest absolute Gasteiger partial charge is 0.335 e. The second-order valence-corrected chi connectivity index (χ2v) is 7.90. The van der Waals surface area contributed by atoms with E-state index in [1.165, 1.54) is 12.1 Å². The van der Waals surface area contributed by atoms with E-state index in [9.17, 15) is 9.90 Å². The zero-order chi connectivity index (χ0) is 22.0. The van der Waals surface area contributed by atoms with Gasteiger partial charge in [0.05, 0.1) is 16.6 Å². The Bertz CT molecular complexity index is 1270. The number of H-pyrrole nitrogens is 1. The summed E-state index contributed by atoms with van der Waals surface area (Å²) in [6.07, 6.45) is 0. The molecule has 0 fully saturated rings. The summed E-state index contributed by atoms with van der Waals surface area (Å²) >= 11 is 18.1. The fourth-order valence-corrected chi connectivity index (χ4v) is 3.55. The van der Waals surface area contributed by atoms with Crippen molar-refractivity contribution < 1.29 is 19.4 Å². The third-order valence-corrected chi connectivity index (χ3v) is 5.27. The Morgan fingerprint density at radius 2 is 1.65 bits per heavy atom. The van der Waals surface area contributed by atoms with E-state index in [1.807, 2.05) is 6.07 Å². The van der Waals surface area contributed by atoms with E-state index in [-0.39, 0.29) is 24.5 Å². The summed E-state index contributed by atoms with van der Waals surface area (Å²) in [6.45, 7) is 0.231. The maximum absolute atomic E-state index is 11.4. The molecule has 6 nitrogen and oxygen atoms in total. The first-order valence-electron chi connectivity index (χ1n) is 9.10. The highest BCUT2D eigenvalue weighted by atomic mass is 35.5. The van der Waals surface area contributed by atoms with Gasteiger partial charge in [0.1, 0.15) is 19.0 Å². The molecule has 0 saturated heterocycles. The van der Waals surface area contributed by atoms with Gasteiger partial charge < -0.3 is 19.6 Å². The number of nitrogens with zero attached hydrogens (tertiary/aromatic N) is 1. The molecule has 9 heteroatoms. The largest absolute Gasteiger partial charge is 0.485 e. The number of nitrogens with one attached hydrogen (secondary N) is 1. The van der Waals surface area contributed by atoms with Crippen LogP contribution in [0.1, 0.15) is 21.7 Å². The highest BCUT2D eigenvalue weighted by molar-refractivity contribution is 6.35. The number of benzene rings is 3. The van der Waals surface area contributed by atoms with E-state index < -0.39 is 5.97 Å². The Balaban J connectivity index is 1.54. The van der Waals surface area contributed by atoms with Crippen LogP contribution in [-0.2, 0) is 13.2 Å². The van der Waals surface area contributed by atoms with Crippen molar-refractivity contribution in [1.29, 1.82) is 0 Å². The first kappa shape index (κ1) is 21.3. The number of fused-ring (bicyclic) bond motifs is 1. The number of aromatic carboxylic acids is 1. The van der Waals surface area contributed by atoms with E-state index in [0.29, 0.717) is 32.2 Å². The predicted octanol–water partition coefficient (Wildman–Crippen LogP) is 6.38. The van der Waals surface area contributed by atoms with Crippen LogP contribution in [0.5, 0.6) is 11.5 Å². The zero-order valence-electron chi connectivity index (χ0n) is 15.9. The van der Waals surface area contributed by atoms with Gasteiger partial charge in [0.15, 0.2) is 11.5 Å². The number of aromatic nitrogens is 2. The monoisotopic (exact) mass is 476 g/mol. The number of carboxylic acid groups (broad SMARTS) is 1. The summed E-state index contributed by atoms with van der Waals surface area (Å²) in [4.78, 5) is 19.0. The maximum Gasteiger partial charge on any atom is 0.335 e. The Morgan fingerprint density at radius 3 is 2.42 bits per heavy atom. The summed E-state index contributed by atoms with van der Waals surface area (Å²) in [5.74, 6) is 0.153. The van der Waals surface area contributed by atoms with Crippen molar-refractivity contribution in [3.8, 4) is 11.5 Å². The molecule has 0 amide bonds. The second kappa shape index (κ2) is 9.06. The molecule has 3 aromatic carbocycles. The molecule has 0 bridgehead atoms. The summed E-state index contributed by atoms with van der Waals surface area (Å²) in [5, 5.41) is 10.9. The average molecular weight is 478 g/mol. The van der Waals surface area contributed by atoms with Crippen LogP contribution in [0, 0.1) is 0 Å². The topological polar surface area (TPSA) is 84.4 Å². The molecule has 4 aromatic rings. The van der Waals surface area contributed by atoms with Crippen LogP contribution in [0.4, 0.5) is 0 Å². The molecule has 0 atom stereocenters. The highest BCUT2D eigenvalue weighted by Crippen LogP contribution is 2.31. The van der Waals surface area contributed by atoms with Gasteiger partial charge in [0, 0.05) is 20.6 Å². The molecule has 0 unspecified atom stereocenters. The third kappa shape index (κ3) is 5.05. The number of halogens is 3. The quantitative estimate of drug-likeness (QED) is 0.323. The molecule has 158 valence electrons. The molecule has 0 spiro atoms. The van der Waals surface area contributed by atoms with Gasteiger partial charge in [-0.2, -0.15) is 0 Å². The SMILES string of the molecule is O=C(O)c1ccc(OCc2nc3ccc(Cl)cc3[nH]2)c(OCc2ccc(Cl)cc2Cl)c1. The van der Waals surface area contributed by atoms with Crippen LogP contribution in [0.25, 0.3) is 11.0 Å². The second-order valence-electron chi connectivity index (χ2n) is 6.62. The summed E-state index contributed by atoms with van der Waals surface area (Å²) < 4.78 is 11.7. The van der Waals surface area contributed by atoms with Crippen molar-refractivity contribution in [3.63, 3.8) is 0 Å². The summed E-state index contributed by atoms with van der Waals surface area (Å²) in [7, 11) is 0. The van der Waals surface area contributed by atoms with Gasteiger partial charge in [-0.1, -0.05) is 40.9 Å². The van der Waals surface area contributed by atoms with E-state index in [0.717, 1.165) is 11.0 Å². The zero-order valence-corrected chi connectivity index (χ0v) is 18.1. The molecular formula is C22H15Cl3N2O4. The number of hydrogen-bond acceptors (Lipinski definition) is 4. The van der Waals surface area contributed by atoms with Crippen molar-refractivity contribution >= 4 is 51.8 Å². The number of aromatic amines is 1. The number of carboxylic acids is 1. The first-order chi connectivity index (χ1) is 14.9. The molecule has 1 heterocycles. The van der Waals surface area contributed by atoms with Gasteiger partial charge in [-0.3, -0.25) is 0 Å². The Hall–Kier alpha value is -2.93. The lowest BCUT2D eigenvalue weighted by molar-refractivity contribution is 0.0696. The van der Waals surface area contributed by atoms with Crippen molar-refractivity contribution in [2.75, 3.05) is 0 Å². The van der Waals surface area contributed by atoms with E-state index in [2.05, 4.69) is 9.97 Å². The fraction of sp³-hybridized carbons (Fsp3) is 0.0909. The standard InChI is InChI=1S/C22H15Cl3N2O4/c23-14-3-1-13(16(25)8-14)10-30-20-7-12(22(28)29)2-6-19(20)31-11-21-26-17-5-4-15(24)9-18(17)27-21/h1-9H,10-11H2,(H,26,27)(H,28,29). The third-order valence-electron chi connectivity index (χ3n) is 4.45. The van der Waals surface area contributed by atoms with Crippen LogP contribution in [-0.4, -0.2) is 21.0 Å². The van der Waals surface area contributed by atoms with Crippen molar-refractivity contribution in [2.24, 2.45) is 0 Å². The number of ether oxygens (including phenoxy) is 2. The number of carbonyl (C=O) groups is 1. The molecule has 4 rings (SSSR count). The minimum absolute atomic E-state index is 0.0722. The van der Waals surface area contributed by atoms with Crippen LogP contribution < -0.4 is 9.47 Å². The number of hydrogen-bond donors (Lipinski definition) is 2. The Kier molecular flexibility index (Phi) is 6.23. The molecule has 2 N–H and O–H groups in total.